The lowest BCUT2D eigenvalue weighted by Crippen LogP contribution is -2.29. The van der Waals surface area contributed by atoms with Crippen LogP contribution in [0.4, 0.5) is 0 Å². The molecule has 0 aliphatic rings. The van der Waals surface area contributed by atoms with Crippen LogP contribution >= 0.6 is 0 Å². The molecule has 0 atom stereocenters. The molecule has 0 saturated carbocycles. The minimum atomic E-state index is -0.0253. The fraction of sp³-hybridized carbons (Fsp3) is 0.478. The predicted octanol–water partition coefficient (Wildman–Crippen LogP) is 3.56. The zero-order valence-corrected chi connectivity index (χ0v) is 17.2. The van der Waals surface area contributed by atoms with E-state index in [4.69, 9.17) is 9.47 Å². The van der Waals surface area contributed by atoms with Crippen LogP contribution in [0.3, 0.4) is 0 Å². The molecule has 0 bridgehead atoms. The topological polar surface area (TPSA) is 33.7 Å². The first kappa shape index (κ1) is 21.4. The maximum atomic E-state index is 5.79. The molecule has 0 unspecified atom stereocenters. The lowest BCUT2D eigenvalue weighted by atomic mass is 9.78. The Morgan fingerprint density at radius 3 is 2.15 bits per heavy atom. The molecule has 0 amide bonds. The minimum absolute atomic E-state index is 0.0253. The van der Waals surface area contributed by atoms with Gasteiger partial charge >= 0.3 is 0 Å². The van der Waals surface area contributed by atoms with Gasteiger partial charge in [0.15, 0.2) is 0 Å². The van der Waals surface area contributed by atoms with E-state index >= 15 is 0 Å². The van der Waals surface area contributed by atoms with Crippen molar-refractivity contribution < 1.29 is 9.47 Å². The summed E-state index contributed by atoms with van der Waals surface area (Å²) in [6, 6.07) is 19.0. The first-order chi connectivity index (χ1) is 13.0. The summed E-state index contributed by atoms with van der Waals surface area (Å²) in [5, 5.41) is 3.35. The molecule has 148 valence electrons. The molecule has 0 saturated heterocycles. The molecule has 0 radical (unpaired) electrons. The fourth-order valence-corrected chi connectivity index (χ4v) is 2.88. The van der Waals surface area contributed by atoms with Crippen LogP contribution in [0.2, 0.25) is 0 Å². The van der Waals surface area contributed by atoms with Crippen LogP contribution in [0.25, 0.3) is 0 Å². The lowest BCUT2D eigenvalue weighted by Gasteiger charge is -2.26. The first-order valence-corrected chi connectivity index (χ1v) is 9.72. The molecule has 2 rings (SSSR count). The molecular weight excluding hydrogens is 336 g/mol. The number of ether oxygens (including phenoxy) is 2. The van der Waals surface area contributed by atoms with E-state index in [1.165, 1.54) is 11.1 Å². The van der Waals surface area contributed by atoms with Crippen molar-refractivity contribution in [2.24, 2.45) is 0 Å². The van der Waals surface area contributed by atoms with Crippen LogP contribution in [0.5, 0.6) is 5.75 Å². The van der Waals surface area contributed by atoms with E-state index in [0.717, 1.165) is 25.4 Å². The SMILES string of the molecule is CN(C)CCNCCOCCOc1ccc(C(C)(C)c2ccccc2)cc1. The fourth-order valence-electron chi connectivity index (χ4n) is 2.88. The standard InChI is InChI=1S/C23H34N2O2/c1-23(2,20-8-6-5-7-9-20)21-10-12-22(13-11-21)27-19-18-26-17-15-24-14-16-25(3)4/h5-13,24H,14-19H2,1-4H3. The summed E-state index contributed by atoms with van der Waals surface area (Å²) in [6.45, 7) is 9.28. The minimum Gasteiger partial charge on any atom is -0.491 e. The lowest BCUT2D eigenvalue weighted by molar-refractivity contribution is 0.102. The second-order valence-corrected chi connectivity index (χ2v) is 7.53. The molecule has 2 aromatic rings. The van der Waals surface area contributed by atoms with Crippen LogP contribution in [0.15, 0.2) is 54.6 Å². The van der Waals surface area contributed by atoms with Crippen LogP contribution in [-0.4, -0.2) is 58.5 Å². The third-order valence-electron chi connectivity index (χ3n) is 4.73. The molecule has 27 heavy (non-hydrogen) atoms. The second kappa shape index (κ2) is 11.1. The Bertz CT molecular complexity index is 639. The van der Waals surface area contributed by atoms with Crippen LogP contribution < -0.4 is 10.1 Å². The molecule has 1 N–H and O–H groups in total. The van der Waals surface area contributed by atoms with Crippen LogP contribution in [0.1, 0.15) is 25.0 Å². The van der Waals surface area contributed by atoms with E-state index in [0.29, 0.717) is 19.8 Å². The molecule has 0 aliphatic carbocycles. The highest BCUT2D eigenvalue weighted by Crippen LogP contribution is 2.32. The summed E-state index contributed by atoms with van der Waals surface area (Å²) in [5.74, 6) is 0.885. The van der Waals surface area contributed by atoms with Gasteiger partial charge in [0, 0.05) is 25.0 Å². The van der Waals surface area contributed by atoms with Crippen molar-refractivity contribution in [2.75, 3.05) is 53.6 Å². The second-order valence-electron chi connectivity index (χ2n) is 7.53. The zero-order chi connectivity index (χ0) is 19.5. The highest BCUT2D eigenvalue weighted by molar-refractivity contribution is 5.39. The number of rotatable bonds is 12. The van der Waals surface area contributed by atoms with Crippen LogP contribution in [-0.2, 0) is 10.2 Å². The number of likely N-dealkylation sites (N-methyl/N-ethyl adjacent to an activating group) is 1. The predicted molar refractivity (Wildman–Crippen MR) is 113 cm³/mol. The molecular formula is C23H34N2O2. The number of hydrogen-bond acceptors (Lipinski definition) is 4. The van der Waals surface area contributed by atoms with E-state index in [1.807, 2.05) is 12.1 Å². The largest absolute Gasteiger partial charge is 0.491 e. The van der Waals surface area contributed by atoms with Crippen molar-refractivity contribution in [3.63, 3.8) is 0 Å². The van der Waals surface area contributed by atoms with Gasteiger partial charge in [-0.25, -0.2) is 0 Å². The van der Waals surface area contributed by atoms with Crippen LogP contribution in [0, 0.1) is 0 Å². The third kappa shape index (κ3) is 7.33. The number of nitrogens with one attached hydrogen (secondary N) is 1. The van der Waals surface area contributed by atoms with E-state index in [2.05, 4.69) is 80.6 Å². The molecule has 0 spiro atoms. The van der Waals surface area contributed by atoms with Gasteiger partial charge in [-0.15, -0.1) is 0 Å². The van der Waals surface area contributed by atoms with Crippen molar-refractivity contribution in [3.8, 4) is 5.75 Å². The Labute approximate surface area is 164 Å². The third-order valence-corrected chi connectivity index (χ3v) is 4.73. The molecule has 2 aromatic carbocycles. The van der Waals surface area contributed by atoms with E-state index in [-0.39, 0.29) is 5.41 Å². The van der Waals surface area contributed by atoms with Gasteiger partial charge in [0.2, 0.25) is 0 Å². The monoisotopic (exact) mass is 370 g/mol. The maximum Gasteiger partial charge on any atom is 0.119 e. The Kier molecular flexibility index (Phi) is 8.79. The first-order valence-electron chi connectivity index (χ1n) is 9.72. The zero-order valence-electron chi connectivity index (χ0n) is 17.2. The summed E-state index contributed by atoms with van der Waals surface area (Å²) >= 11 is 0. The van der Waals surface area contributed by atoms with Crippen molar-refractivity contribution in [3.05, 3.63) is 65.7 Å². The van der Waals surface area contributed by atoms with Gasteiger partial charge in [0.05, 0.1) is 13.2 Å². The van der Waals surface area contributed by atoms with E-state index < -0.39 is 0 Å². The molecule has 4 nitrogen and oxygen atoms in total. The Balaban J connectivity index is 1.67. The van der Waals surface area contributed by atoms with Crippen molar-refractivity contribution in [1.82, 2.24) is 10.2 Å². The average molecular weight is 371 g/mol. The summed E-state index contributed by atoms with van der Waals surface area (Å²) in [4.78, 5) is 2.16. The number of nitrogens with zero attached hydrogens (tertiary/aromatic N) is 1. The normalized spacial score (nSPS) is 11.7. The van der Waals surface area contributed by atoms with E-state index in [9.17, 15) is 0 Å². The molecule has 0 heterocycles. The van der Waals surface area contributed by atoms with Gasteiger partial charge in [-0.05, 0) is 37.4 Å². The van der Waals surface area contributed by atoms with Gasteiger partial charge in [-0.3, -0.25) is 0 Å². The highest BCUT2D eigenvalue weighted by Gasteiger charge is 2.22. The highest BCUT2D eigenvalue weighted by atomic mass is 16.5. The summed E-state index contributed by atoms with van der Waals surface area (Å²) in [7, 11) is 4.15. The van der Waals surface area contributed by atoms with Gasteiger partial charge < -0.3 is 19.7 Å². The number of hydrogen-bond donors (Lipinski definition) is 1. The van der Waals surface area contributed by atoms with Gasteiger partial charge in [-0.2, -0.15) is 0 Å². The molecule has 0 aliphatic heterocycles. The van der Waals surface area contributed by atoms with Crippen molar-refractivity contribution in [2.45, 2.75) is 19.3 Å². The van der Waals surface area contributed by atoms with Gasteiger partial charge in [0.1, 0.15) is 12.4 Å². The summed E-state index contributed by atoms with van der Waals surface area (Å²) < 4.78 is 11.4. The Morgan fingerprint density at radius 2 is 1.48 bits per heavy atom. The molecule has 0 aromatic heterocycles. The Morgan fingerprint density at radius 1 is 0.815 bits per heavy atom. The summed E-state index contributed by atoms with van der Waals surface area (Å²) in [5.41, 5.74) is 2.56. The maximum absolute atomic E-state index is 5.79. The molecule has 0 fully saturated rings. The smallest absolute Gasteiger partial charge is 0.119 e. The quantitative estimate of drug-likeness (QED) is 0.579. The Hall–Kier alpha value is -1.88. The summed E-state index contributed by atoms with van der Waals surface area (Å²) in [6.07, 6.45) is 0. The average Bonchev–Trinajstić information content (AvgIpc) is 2.67. The van der Waals surface area contributed by atoms with Crippen molar-refractivity contribution in [1.29, 1.82) is 0 Å². The number of benzene rings is 2. The van der Waals surface area contributed by atoms with Gasteiger partial charge in [0.25, 0.3) is 0 Å². The van der Waals surface area contributed by atoms with Gasteiger partial charge in [-0.1, -0.05) is 56.3 Å². The van der Waals surface area contributed by atoms with E-state index in [1.54, 1.807) is 0 Å². The van der Waals surface area contributed by atoms with Crippen molar-refractivity contribution >= 4 is 0 Å². The molecule has 4 heteroatoms.